The summed E-state index contributed by atoms with van der Waals surface area (Å²) in [4.78, 5) is 25.6. The van der Waals surface area contributed by atoms with Gasteiger partial charge in [0.15, 0.2) is 6.61 Å². The summed E-state index contributed by atoms with van der Waals surface area (Å²) in [7, 11) is 3.39. The maximum atomic E-state index is 12.5. The van der Waals surface area contributed by atoms with Crippen molar-refractivity contribution in [3.05, 3.63) is 29.8 Å². The Labute approximate surface area is 148 Å². The lowest BCUT2D eigenvalue weighted by Crippen LogP contribution is -2.45. The van der Waals surface area contributed by atoms with Gasteiger partial charge < -0.3 is 20.7 Å². The predicted molar refractivity (Wildman–Crippen MR) is 94.8 cm³/mol. The van der Waals surface area contributed by atoms with Crippen LogP contribution in [0.1, 0.15) is 24.8 Å². The average Bonchev–Trinajstić information content (AvgIpc) is 3.19. The number of benzene rings is 1. The molecule has 2 aliphatic rings. The lowest BCUT2D eigenvalue weighted by molar-refractivity contribution is -0.130. The third-order valence-corrected chi connectivity index (χ3v) is 5.51. The van der Waals surface area contributed by atoms with Crippen molar-refractivity contribution in [2.24, 2.45) is 23.5 Å². The number of hydrogen-bond acceptors (Lipinski definition) is 4. The maximum Gasteiger partial charge on any atom is 0.259 e. The first-order valence-corrected chi connectivity index (χ1v) is 8.91. The van der Waals surface area contributed by atoms with Crippen molar-refractivity contribution in [2.45, 2.75) is 31.8 Å². The van der Waals surface area contributed by atoms with E-state index in [2.05, 4.69) is 5.32 Å². The number of ether oxygens (including phenoxy) is 1. The molecule has 136 valence electrons. The molecule has 25 heavy (non-hydrogen) atoms. The topological polar surface area (TPSA) is 84.7 Å². The summed E-state index contributed by atoms with van der Waals surface area (Å²) >= 11 is 0. The van der Waals surface area contributed by atoms with Crippen LogP contribution in [-0.4, -0.2) is 43.5 Å². The Hall–Kier alpha value is -2.08. The quantitative estimate of drug-likeness (QED) is 0.810. The SMILES string of the molecule is CN(C)C(=O)COc1cccc(CNC(=O)C2C3CCC(C3)C2N)c1. The highest BCUT2D eigenvalue weighted by Gasteiger charge is 2.48. The monoisotopic (exact) mass is 345 g/mol. The number of carbonyl (C=O) groups excluding carboxylic acids is 2. The van der Waals surface area contributed by atoms with E-state index in [1.807, 2.05) is 18.2 Å². The highest BCUT2D eigenvalue weighted by molar-refractivity contribution is 5.80. The fourth-order valence-electron chi connectivity index (χ4n) is 4.05. The van der Waals surface area contributed by atoms with E-state index in [0.717, 1.165) is 18.4 Å². The molecule has 0 saturated heterocycles. The normalized spacial score (nSPS) is 27.2. The number of amides is 2. The largest absolute Gasteiger partial charge is 0.484 e. The molecule has 0 aromatic heterocycles. The van der Waals surface area contributed by atoms with E-state index in [4.69, 9.17) is 10.5 Å². The molecule has 0 heterocycles. The molecule has 0 aliphatic heterocycles. The Kier molecular flexibility index (Phi) is 5.27. The Morgan fingerprint density at radius 3 is 2.72 bits per heavy atom. The molecule has 6 heteroatoms. The van der Waals surface area contributed by atoms with E-state index >= 15 is 0 Å². The Morgan fingerprint density at radius 1 is 1.28 bits per heavy atom. The van der Waals surface area contributed by atoms with E-state index in [9.17, 15) is 9.59 Å². The molecule has 1 aromatic rings. The van der Waals surface area contributed by atoms with Gasteiger partial charge >= 0.3 is 0 Å². The molecule has 2 fully saturated rings. The summed E-state index contributed by atoms with van der Waals surface area (Å²) in [5, 5.41) is 3.02. The minimum atomic E-state index is -0.0935. The van der Waals surface area contributed by atoms with Gasteiger partial charge in [0, 0.05) is 26.7 Å². The van der Waals surface area contributed by atoms with Gasteiger partial charge in [-0.3, -0.25) is 9.59 Å². The second kappa shape index (κ2) is 7.44. The molecular formula is C19H27N3O3. The Balaban J connectivity index is 1.52. The van der Waals surface area contributed by atoms with E-state index in [0.29, 0.717) is 24.1 Å². The van der Waals surface area contributed by atoms with Crippen molar-refractivity contribution in [1.82, 2.24) is 10.2 Å². The van der Waals surface area contributed by atoms with Gasteiger partial charge in [-0.1, -0.05) is 12.1 Å². The number of nitrogens with zero attached hydrogens (tertiary/aromatic N) is 1. The number of nitrogens with two attached hydrogens (primary N) is 1. The molecule has 4 atom stereocenters. The Morgan fingerprint density at radius 2 is 2.04 bits per heavy atom. The zero-order valence-corrected chi connectivity index (χ0v) is 14.9. The molecule has 3 N–H and O–H groups in total. The van der Waals surface area contributed by atoms with Crippen LogP contribution in [-0.2, 0) is 16.1 Å². The standard InChI is InChI=1S/C19H27N3O3/c1-22(2)16(23)11-25-15-5-3-4-12(8-15)10-21-19(24)17-13-6-7-14(9-13)18(17)20/h3-5,8,13-14,17-18H,6-7,9-11,20H2,1-2H3,(H,21,24). The Bertz CT molecular complexity index is 645. The highest BCUT2D eigenvalue weighted by Crippen LogP contribution is 2.47. The molecular weight excluding hydrogens is 318 g/mol. The fourth-order valence-corrected chi connectivity index (χ4v) is 4.05. The van der Waals surface area contributed by atoms with Crippen molar-refractivity contribution in [1.29, 1.82) is 0 Å². The van der Waals surface area contributed by atoms with E-state index < -0.39 is 0 Å². The zero-order valence-electron chi connectivity index (χ0n) is 14.9. The summed E-state index contributed by atoms with van der Waals surface area (Å²) in [6.07, 6.45) is 3.39. The first kappa shape index (κ1) is 17.7. The van der Waals surface area contributed by atoms with Crippen molar-refractivity contribution >= 4 is 11.8 Å². The van der Waals surface area contributed by atoms with Crippen LogP contribution < -0.4 is 15.8 Å². The van der Waals surface area contributed by atoms with Crippen molar-refractivity contribution in [3.63, 3.8) is 0 Å². The minimum absolute atomic E-state index is 0.00279. The maximum absolute atomic E-state index is 12.5. The van der Waals surface area contributed by atoms with Gasteiger partial charge in [0.1, 0.15) is 5.75 Å². The van der Waals surface area contributed by atoms with Crippen LogP contribution >= 0.6 is 0 Å². The number of nitrogens with one attached hydrogen (secondary N) is 1. The van der Waals surface area contributed by atoms with E-state index in [-0.39, 0.29) is 30.4 Å². The van der Waals surface area contributed by atoms with Gasteiger partial charge in [0.25, 0.3) is 5.91 Å². The first-order valence-electron chi connectivity index (χ1n) is 8.91. The second-order valence-electron chi connectivity index (χ2n) is 7.38. The fraction of sp³-hybridized carbons (Fsp3) is 0.579. The number of rotatable bonds is 6. The third kappa shape index (κ3) is 3.95. The van der Waals surface area contributed by atoms with Crippen LogP contribution in [0, 0.1) is 17.8 Å². The number of likely N-dealkylation sites (N-methyl/N-ethyl adjacent to an activating group) is 1. The minimum Gasteiger partial charge on any atom is -0.484 e. The average molecular weight is 345 g/mol. The molecule has 2 amide bonds. The van der Waals surface area contributed by atoms with Gasteiger partial charge in [-0.15, -0.1) is 0 Å². The zero-order chi connectivity index (χ0) is 18.0. The molecule has 0 radical (unpaired) electrons. The summed E-state index contributed by atoms with van der Waals surface area (Å²) in [6.45, 7) is 0.446. The smallest absolute Gasteiger partial charge is 0.259 e. The number of fused-ring (bicyclic) bond motifs is 2. The summed E-state index contributed by atoms with van der Waals surface area (Å²) in [6, 6.07) is 7.46. The number of hydrogen-bond donors (Lipinski definition) is 2. The van der Waals surface area contributed by atoms with Crippen LogP contribution in [0.3, 0.4) is 0 Å². The van der Waals surface area contributed by atoms with Crippen LogP contribution in [0.15, 0.2) is 24.3 Å². The molecule has 2 bridgehead atoms. The molecule has 6 nitrogen and oxygen atoms in total. The summed E-state index contributed by atoms with van der Waals surface area (Å²) < 4.78 is 5.51. The lowest BCUT2D eigenvalue weighted by atomic mass is 9.84. The van der Waals surface area contributed by atoms with Crippen LogP contribution in [0.2, 0.25) is 0 Å². The van der Waals surface area contributed by atoms with Crippen molar-refractivity contribution in [2.75, 3.05) is 20.7 Å². The molecule has 2 saturated carbocycles. The van der Waals surface area contributed by atoms with Crippen molar-refractivity contribution < 1.29 is 14.3 Å². The molecule has 3 rings (SSSR count). The van der Waals surface area contributed by atoms with Crippen LogP contribution in [0.5, 0.6) is 5.75 Å². The summed E-state index contributed by atoms with van der Waals surface area (Å²) in [5.74, 6) is 1.52. The van der Waals surface area contributed by atoms with Gasteiger partial charge in [-0.25, -0.2) is 0 Å². The van der Waals surface area contributed by atoms with Crippen LogP contribution in [0.4, 0.5) is 0 Å². The molecule has 1 aromatic carbocycles. The van der Waals surface area contributed by atoms with Crippen molar-refractivity contribution in [3.8, 4) is 5.75 Å². The number of carbonyl (C=O) groups is 2. The third-order valence-electron chi connectivity index (χ3n) is 5.51. The predicted octanol–water partition coefficient (Wildman–Crippen LogP) is 1.14. The van der Waals surface area contributed by atoms with Gasteiger partial charge in [-0.05, 0) is 48.8 Å². The van der Waals surface area contributed by atoms with Crippen LogP contribution in [0.25, 0.3) is 0 Å². The van der Waals surface area contributed by atoms with Gasteiger partial charge in [-0.2, -0.15) is 0 Å². The molecule has 0 spiro atoms. The van der Waals surface area contributed by atoms with E-state index in [1.165, 1.54) is 11.3 Å². The van der Waals surface area contributed by atoms with Gasteiger partial charge in [0.05, 0.1) is 5.92 Å². The molecule has 4 unspecified atom stereocenters. The highest BCUT2D eigenvalue weighted by atomic mass is 16.5. The van der Waals surface area contributed by atoms with E-state index in [1.54, 1.807) is 20.2 Å². The second-order valence-corrected chi connectivity index (χ2v) is 7.38. The summed E-state index contributed by atoms with van der Waals surface area (Å²) in [5.41, 5.74) is 7.18. The lowest BCUT2D eigenvalue weighted by Gasteiger charge is -2.27. The first-order chi connectivity index (χ1) is 12.0. The molecule has 2 aliphatic carbocycles. The van der Waals surface area contributed by atoms with Gasteiger partial charge in [0.2, 0.25) is 5.91 Å².